The summed E-state index contributed by atoms with van der Waals surface area (Å²) in [6.45, 7) is -0.299. The van der Waals surface area contributed by atoms with E-state index in [1.165, 1.54) is 37.5 Å². The van der Waals surface area contributed by atoms with Crippen molar-refractivity contribution in [1.82, 2.24) is 0 Å². The van der Waals surface area contributed by atoms with Gasteiger partial charge in [-0.2, -0.15) is 5.26 Å². The van der Waals surface area contributed by atoms with E-state index in [-0.39, 0.29) is 12.2 Å². The number of hydrogen-bond acceptors (Lipinski definition) is 5. The molecule has 2 N–H and O–H groups in total. The lowest BCUT2D eigenvalue weighted by atomic mass is 10.1. The Balaban J connectivity index is 1.70. The van der Waals surface area contributed by atoms with Crippen LogP contribution in [-0.4, -0.2) is 25.5 Å². The van der Waals surface area contributed by atoms with Gasteiger partial charge in [0.05, 0.1) is 12.8 Å². The van der Waals surface area contributed by atoms with E-state index in [2.05, 4.69) is 10.6 Å². The fourth-order valence-corrected chi connectivity index (χ4v) is 2.84. The van der Waals surface area contributed by atoms with Crippen molar-refractivity contribution in [2.45, 2.75) is 0 Å². The van der Waals surface area contributed by atoms with Crippen LogP contribution in [0.5, 0.6) is 11.5 Å². The molecule has 2 amide bonds. The summed E-state index contributed by atoms with van der Waals surface area (Å²) in [5.74, 6) is -0.680. The average Bonchev–Trinajstić information content (AvgIpc) is 2.83. The number of amides is 2. The molecular formula is C25H20FN3O4. The molecule has 0 fully saturated rings. The highest BCUT2D eigenvalue weighted by molar-refractivity contribution is 6.09. The van der Waals surface area contributed by atoms with Crippen LogP contribution in [0.15, 0.2) is 78.4 Å². The van der Waals surface area contributed by atoms with Gasteiger partial charge in [-0.05, 0) is 48.5 Å². The fourth-order valence-electron chi connectivity index (χ4n) is 2.84. The number of nitriles is 1. The standard InChI is InChI=1S/C25H20FN3O4/c1-32-23-9-5-3-7-21(23)29-24(30)16-33-22-8-4-2-6-17(22)14-18(15-27)25(31)28-20-12-10-19(26)11-13-20/h2-14H,16H2,1H3,(H,28,31)(H,29,30). The lowest BCUT2D eigenvalue weighted by Gasteiger charge is -2.12. The van der Waals surface area contributed by atoms with Crippen LogP contribution in [0.2, 0.25) is 0 Å². The lowest BCUT2D eigenvalue weighted by Crippen LogP contribution is -2.20. The largest absolute Gasteiger partial charge is 0.495 e. The molecule has 0 unspecified atom stereocenters. The topological polar surface area (TPSA) is 100 Å². The number of ether oxygens (including phenoxy) is 2. The zero-order valence-corrected chi connectivity index (χ0v) is 17.7. The molecule has 0 saturated heterocycles. The molecule has 0 aliphatic rings. The number of para-hydroxylation sites is 3. The molecular weight excluding hydrogens is 425 g/mol. The first kappa shape index (κ1) is 23.0. The van der Waals surface area contributed by atoms with Gasteiger partial charge in [0.1, 0.15) is 29.0 Å². The highest BCUT2D eigenvalue weighted by Crippen LogP contribution is 2.24. The van der Waals surface area contributed by atoms with Gasteiger partial charge in [0.15, 0.2) is 6.61 Å². The van der Waals surface area contributed by atoms with E-state index in [1.807, 2.05) is 6.07 Å². The smallest absolute Gasteiger partial charge is 0.266 e. The Hall–Kier alpha value is -4.64. The molecule has 3 rings (SSSR count). The summed E-state index contributed by atoms with van der Waals surface area (Å²) in [4.78, 5) is 24.8. The van der Waals surface area contributed by atoms with Crippen molar-refractivity contribution in [2.24, 2.45) is 0 Å². The zero-order valence-electron chi connectivity index (χ0n) is 17.7. The number of carbonyl (C=O) groups is 2. The Kier molecular flexibility index (Phi) is 7.76. The number of rotatable bonds is 8. The van der Waals surface area contributed by atoms with Crippen molar-refractivity contribution < 1.29 is 23.5 Å². The maximum absolute atomic E-state index is 13.0. The first-order chi connectivity index (χ1) is 16.0. The van der Waals surface area contributed by atoms with Crippen LogP contribution in [0.3, 0.4) is 0 Å². The molecule has 166 valence electrons. The molecule has 0 radical (unpaired) electrons. The third kappa shape index (κ3) is 6.42. The molecule has 3 aromatic rings. The summed E-state index contributed by atoms with van der Waals surface area (Å²) in [6.07, 6.45) is 1.35. The molecule has 0 saturated carbocycles. The summed E-state index contributed by atoms with van der Waals surface area (Å²) in [5.41, 5.74) is 1.10. The molecule has 0 aliphatic heterocycles. The summed E-state index contributed by atoms with van der Waals surface area (Å²) >= 11 is 0. The first-order valence-corrected chi connectivity index (χ1v) is 9.83. The van der Waals surface area contributed by atoms with E-state index < -0.39 is 17.6 Å². The highest BCUT2D eigenvalue weighted by atomic mass is 19.1. The normalized spacial score (nSPS) is 10.6. The van der Waals surface area contributed by atoms with Gasteiger partial charge in [-0.3, -0.25) is 9.59 Å². The number of benzene rings is 3. The number of halogens is 1. The highest BCUT2D eigenvalue weighted by Gasteiger charge is 2.13. The molecule has 33 heavy (non-hydrogen) atoms. The Bertz CT molecular complexity index is 1220. The maximum Gasteiger partial charge on any atom is 0.266 e. The summed E-state index contributed by atoms with van der Waals surface area (Å²) < 4.78 is 23.9. The van der Waals surface area contributed by atoms with Crippen molar-refractivity contribution in [3.63, 3.8) is 0 Å². The second-order valence-electron chi connectivity index (χ2n) is 6.71. The number of nitrogens with one attached hydrogen (secondary N) is 2. The SMILES string of the molecule is COc1ccccc1NC(=O)COc1ccccc1C=C(C#N)C(=O)Nc1ccc(F)cc1. The van der Waals surface area contributed by atoms with Crippen molar-refractivity contribution in [3.05, 3.63) is 89.8 Å². The van der Waals surface area contributed by atoms with E-state index in [9.17, 15) is 19.2 Å². The minimum absolute atomic E-state index is 0.186. The predicted octanol–water partition coefficient (Wildman–Crippen LogP) is 4.40. The number of anilines is 2. The molecule has 7 nitrogen and oxygen atoms in total. The van der Waals surface area contributed by atoms with Gasteiger partial charge in [-0.1, -0.05) is 30.3 Å². The third-order valence-electron chi connectivity index (χ3n) is 4.43. The predicted molar refractivity (Wildman–Crippen MR) is 122 cm³/mol. The number of methoxy groups -OCH3 is 1. The van der Waals surface area contributed by atoms with Crippen LogP contribution < -0.4 is 20.1 Å². The van der Waals surface area contributed by atoms with Crippen molar-refractivity contribution in [3.8, 4) is 17.6 Å². The summed E-state index contributed by atoms with van der Waals surface area (Å²) in [6, 6.07) is 20.7. The van der Waals surface area contributed by atoms with Crippen LogP contribution in [0.1, 0.15) is 5.56 Å². The van der Waals surface area contributed by atoms with Gasteiger partial charge in [0.2, 0.25) is 0 Å². The Labute approximate surface area is 190 Å². The molecule has 0 aromatic heterocycles. The second-order valence-corrected chi connectivity index (χ2v) is 6.71. The molecule has 8 heteroatoms. The van der Waals surface area contributed by atoms with Crippen LogP contribution >= 0.6 is 0 Å². The monoisotopic (exact) mass is 445 g/mol. The van der Waals surface area contributed by atoms with Gasteiger partial charge in [-0.25, -0.2) is 4.39 Å². The Morgan fingerprint density at radius 3 is 2.33 bits per heavy atom. The minimum atomic E-state index is -0.659. The van der Waals surface area contributed by atoms with Gasteiger partial charge < -0.3 is 20.1 Å². The van der Waals surface area contributed by atoms with E-state index in [0.717, 1.165) is 0 Å². The van der Waals surface area contributed by atoms with Gasteiger partial charge in [0, 0.05) is 11.3 Å². The molecule has 0 aliphatic carbocycles. The third-order valence-corrected chi connectivity index (χ3v) is 4.43. The van der Waals surface area contributed by atoms with E-state index in [0.29, 0.717) is 28.4 Å². The van der Waals surface area contributed by atoms with Gasteiger partial charge >= 0.3 is 0 Å². The molecule has 0 bridgehead atoms. The molecule has 0 atom stereocenters. The van der Waals surface area contributed by atoms with E-state index >= 15 is 0 Å². The van der Waals surface area contributed by atoms with E-state index in [4.69, 9.17) is 9.47 Å². The van der Waals surface area contributed by atoms with Crippen molar-refractivity contribution >= 4 is 29.3 Å². The van der Waals surface area contributed by atoms with Crippen molar-refractivity contribution in [1.29, 1.82) is 5.26 Å². The lowest BCUT2D eigenvalue weighted by molar-refractivity contribution is -0.118. The van der Waals surface area contributed by atoms with E-state index in [1.54, 1.807) is 48.5 Å². The Morgan fingerprint density at radius 1 is 0.970 bits per heavy atom. The van der Waals surface area contributed by atoms with Crippen LogP contribution in [0, 0.1) is 17.1 Å². The van der Waals surface area contributed by atoms with Crippen LogP contribution in [-0.2, 0) is 9.59 Å². The molecule has 0 spiro atoms. The fraction of sp³-hybridized carbons (Fsp3) is 0.0800. The Morgan fingerprint density at radius 2 is 1.64 bits per heavy atom. The number of nitrogens with zero attached hydrogens (tertiary/aromatic N) is 1. The quantitative estimate of drug-likeness (QED) is 0.395. The minimum Gasteiger partial charge on any atom is -0.495 e. The number of carbonyl (C=O) groups excluding carboxylic acids is 2. The van der Waals surface area contributed by atoms with Crippen LogP contribution in [0.4, 0.5) is 15.8 Å². The average molecular weight is 445 g/mol. The molecule has 3 aromatic carbocycles. The van der Waals surface area contributed by atoms with Crippen molar-refractivity contribution in [2.75, 3.05) is 24.4 Å². The number of hydrogen-bond donors (Lipinski definition) is 2. The summed E-state index contributed by atoms with van der Waals surface area (Å²) in [5, 5.41) is 14.7. The van der Waals surface area contributed by atoms with Crippen LogP contribution in [0.25, 0.3) is 6.08 Å². The molecule has 0 heterocycles. The first-order valence-electron chi connectivity index (χ1n) is 9.83. The zero-order chi connectivity index (χ0) is 23.6. The van der Waals surface area contributed by atoms with Gasteiger partial charge in [-0.15, -0.1) is 0 Å². The summed E-state index contributed by atoms with van der Waals surface area (Å²) in [7, 11) is 1.50. The maximum atomic E-state index is 13.0. The van der Waals surface area contributed by atoms with Gasteiger partial charge in [0.25, 0.3) is 11.8 Å². The second kappa shape index (κ2) is 11.1.